The van der Waals surface area contributed by atoms with E-state index in [-0.39, 0.29) is 6.42 Å². The predicted octanol–water partition coefficient (Wildman–Crippen LogP) is 0.950. The molecule has 0 aliphatic carbocycles. The molecule has 0 aromatic carbocycles. The molecule has 15 heavy (non-hydrogen) atoms. The molecule has 1 unspecified atom stereocenters. The number of rotatable bonds is 4. The highest BCUT2D eigenvalue weighted by Crippen LogP contribution is 2.25. The lowest BCUT2D eigenvalue weighted by atomic mass is 9.87. The van der Waals surface area contributed by atoms with Crippen molar-refractivity contribution in [3.63, 3.8) is 0 Å². The van der Waals surface area contributed by atoms with Gasteiger partial charge in [-0.25, -0.2) is 4.98 Å². The van der Waals surface area contributed by atoms with Crippen LogP contribution in [0.2, 0.25) is 0 Å². The van der Waals surface area contributed by atoms with Crippen molar-refractivity contribution < 1.29 is 19.4 Å². The third-order valence-electron chi connectivity index (χ3n) is 2.10. The number of carbonyl (C=O) groups is 2. The summed E-state index contributed by atoms with van der Waals surface area (Å²) in [6.45, 7) is 1.34. The summed E-state index contributed by atoms with van der Waals surface area (Å²) in [7, 11) is 1.17. The normalized spacial score (nSPS) is 14.3. The van der Waals surface area contributed by atoms with Gasteiger partial charge in [-0.1, -0.05) is 0 Å². The van der Waals surface area contributed by atoms with Crippen LogP contribution in [-0.2, 0) is 20.7 Å². The van der Waals surface area contributed by atoms with E-state index in [4.69, 9.17) is 5.11 Å². The minimum atomic E-state index is -1.56. The van der Waals surface area contributed by atoms with Gasteiger partial charge in [0.15, 0.2) is 5.41 Å². The lowest BCUT2D eigenvalue weighted by molar-refractivity contribution is -0.165. The molecule has 82 valence electrons. The number of carbonyl (C=O) groups excluding carboxylic acids is 1. The van der Waals surface area contributed by atoms with Gasteiger partial charge in [-0.15, -0.1) is 11.3 Å². The Morgan fingerprint density at radius 2 is 2.33 bits per heavy atom. The van der Waals surface area contributed by atoms with E-state index in [2.05, 4.69) is 9.72 Å². The number of carboxylic acid groups (broad SMARTS) is 1. The van der Waals surface area contributed by atoms with E-state index in [0.29, 0.717) is 5.01 Å². The Labute approximate surface area is 90.7 Å². The summed E-state index contributed by atoms with van der Waals surface area (Å²) in [6, 6.07) is 0. The van der Waals surface area contributed by atoms with Gasteiger partial charge in [0.25, 0.3) is 0 Å². The van der Waals surface area contributed by atoms with Crippen molar-refractivity contribution in [3.05, 3.63) is 16.6 Å². The Morgan fingerprint density at radius 3 is 2.73 bits per heavy atom. The lowest BCUT2D eigenvalue weighted by Crippen LogP contribution is -2.39. The first kappa shape index (κ1) is 11.6. The summed E-state index contributed by atoms with van der Waals surface area (Å²) in [4.78, 5) is 26.3. The van der Waals surface area contributed by atoms with Gasteiger partial charge in [0.2, 0.25) is 0 Å². The van der Waals surface area contributed by atoms with Gasteiger partial charge in [-0.2, -0.15) is 0 Å². The van der Waals surface area contributed by atoms with Gasteiger partial charge in [-0.05, 0) is 6.92 Å². The van der Waals surface area contributed by atoms with Crippen LogP contribution in [0.1, 0.15) is 11.9 Å². The number of esters is 1. The molecule has 1 N–H and O–H groups in total. The standard InChI is InChI=1S/C9H11NO4S/c1-9(7(11)12,8(13)14-2)5-6-10-3-4-15-6/h3-4H,5H2,1-2H3,(H,11,12). The second-order valence-corrected chi connectivity index (χ2v) is 4.21. The molecule has 0 bridgehead atoms. The molecule has 1 heterocycles. The van der Waals surface area contributed by atoms with Crippen LogP contribution in [0.3, 0.4) is 0 Å². The Hall–Kier alpha value is -1.43. The third-order valence-corrected chi connectivity index (χ3v) is 2.88. The molecule has 0 aliphatic rings. The fourth-order valence-corrected chi connectivity index (χ4v) is 1.88. The van der Waals surface area contributed by atoms with Gasteiger partial charge in [-0.3, -0.25) is 9.59 Å². The summed E-state index contributed by atoms with van der Waals surface area (Å²) in [5.41, 5.74) is -1.56. The first-order valence-electron chi connectivity index (χ1n) is 4.21. The quantitative estimate of drug-likeness (QED) is 0.614. The Balaban J connectivity index is 2.92. The monoisotopic (exact) mass is 229 g/mol. The number of thiazole rings is 1. The minimum absolute atomic E-state index is 0.0483. The number of aliphatic carboxylic acids is 1. The highest BCUT2D eigenvalue weighted by atomic mass is 32.1. The van der Waals surface area contributed by atoms with Crippen molar-refractivity contribution in [2.45, 2.75) is 13.3 Å². The van der Waals surface area contributed by atoms with E-state index >= 15 is 0 Å². The number of ether oxygens (including phenoxy) is 1. The highest BCUT2D eigenvalue weighted by Gasteiger charge is 2.43. The average molecular weight is 229 g/mol. The molecule has 0 spiro atoms. The number of carboxylic acids is 1. The van der Waals surface area contributed by atoms with Crippen LogP contribution >= 0.6 is 11.3 Å². The molecule has 1 rings (SSSR count). The highest BCUT2D eigenvalue weighted by molar-refractivity contribution is 7.09. The van der Waals surface area contributed by atoms with Gasteiger partial charge in [0.1, 0.15) is 0 Å². The molecule has 0 saturated heterocycles. The first-order valence-corrected chi connectivity index (χ1v) is 5.09. The molecule has 0 amide bonds. The molecule has 0 saturated carbocycles. The van der Waals surface area contributed by atoms with E-state index in [0.717, 1.165) is 0 Å². The van der Waals surface area contributed by atoms with E-state index in [1.54, 1.807) is 11.6 Å². The molecule has 0 aliphatic heterocycles. The molecular weight excluding hydrogens is 218 g/mol. The van der Waals surface area contributed by atoms with E-state index in [1.165, 1.54) is 25.4 Å². The zero-order valence-corrected chi connectivity index (χ0v) is 9.21. The molecule has 1 aromatic heterocycles. The second kappa shape index (κ2) is 4.39. The van der Waals surface area contributed by atoms with Gasteiger partial charge in [0, 0.05) is 18.0 Å². The zero-order valence-electron chi connectivity index (χ0n) is 8.39. The molecule has 5 nitrogen and oxygen atoms in total. The summed E-state index contributed by atoms with van der Waals surface area (Å²) < 4.78 is 4.48. The van der Waals surface area contributed by atoms with Gasteiger partial charge >= 0.3 is 11.9 Å². The molecular formula is C9H11NO4S. The SMILES string of the molecule is COC(=O)C(C)(Cc1nccs1)C(=O)O. The van der Waals surface area contributed by atoms with E-state index in [1.807, 2.05) is 0 Å². The smallest absolute Gasteiger partial charge is 0.323 e. The van der Waals surface area contributed by atoms with E-state index in [9.17, 15) is 9.59 Å². The van der Waals surface area contributed by atoms with Gasteiger partial charge in [0.05, 0.1) is 12.1 Å². The van der Waals surface area contributed by atoms with Crippen LogP contribution < -0.4 is 0 Å². The van der Waals surface area contributed by atoms with E-state index < -0.39 is 17.4 Å². The summed E-state index contributed by atoms with van der Waals surface area (Å²) in [6.07, 6.45) is 1.62. The van der Waals surface area contributed by atoms with Crippen LogP contribution in [0.15, 0.2) is 11.6 Å². The van der Waals surface area contributed by atoms with Crippen LogP contribution in [-0.4, -0.2) is 29.1 Å². The van der Waals surface area contributed by atoms with Crippen molar-refractivity contribution in [1.82, 2.24) is 4.98 Å². The van der Waals surface area contributed by atoms with Crippen molar-refractivity contribution in [2.24, 2.45) is 5.41 Å². The third kappa shape index (κ3) is 2.33. The zero-order chi connectivity index (χ0) is 11.5. The van der Waals surface area contributed by atoms with Crippen molar-refractivity contribution in [2.75, 3.05) is 7.11 Å². The van der Waals surface area contributed by atoms with Crippen LogP contribution in [0.25, 0.3) is 0 Å². The average Bonchev–Trinajstić information content (AvgIpc) is 2.68. The lowest BCUT2D eigenvalue weighted by Gasteiger charge is -2.20. The second-order valence-electron chi connectivity index (χ2n) is 3.23. The number of aromatic nitrogens is 1. The van der Waals surface area contributed by atoms with Gasteiger partial charge < -0.3 is 9.84 Å². The van der Waals surface area contributed by atoms with Crippen molar-refractivity contribution in [3.8, 4) is 0 Å². The Bertz CT molecular complexity index is 362. The first-order chi connectivity index (χ1) is 7.00. The number of hydrogen-bond acceptors (Lipinski definition) is 5. The van der Waals surface area contributed by atoms with Crippen molar-refractivity contribution in [1.29, 1.82) is 0 Å². The maximum Gasteiger partial charge on any atom is 0.323 e. The Kier molecular flexibility index (Phi) is 3.41. The summed E-state index contributed by atoms with van der Waals surface area (Å²) in [5.74, 6) is -1.96. The molecule has 1 aromatic rings. The number of methoxy groups -OCH3 is 1. The van der Waals surface area contributed by atoms with Crippen LogP contribution in [0, 0.1) is 5.41 Å². The maximum atomic E-state index is 11.4. The maximum absolute atomic E-state index is 11.4. The fraction of sp³-hybridized carbons (Fsp3) is 0.444. The molecule has 0 fully saturated rings. The molecule has 1 atom stereocenters. The van der Waals surface area contributed by atoms with Crippen LogP contribution in [0.4, 0.5) is 0 Å². The molecule has 6 heteroatoms. The predicted molar refractivity (Wildman–Crippen MR) is 53.6 cm³/mol. The van der Waals surface area contributed by atoms with Crippen molar-refractivity contribution >= 4 is 23.3 Å². The largest absolute Gasteiger partial charge is 0.480 e. The number of nitrogens with zero attached hydrogens (tertiary/aromatic N) is 1. The fourth-order valence-electron chi connectivity index (χ4n) is 1.10. The minimum Gasteiger partial charge on any atom is -0.480 e. The topological polar surface area (TPSA) is 76.5 Å². The summed E-state index contributed by atoms with van der Waals surface area (Å²) in [5, 5.41) is 11.3. The Morgan fingerprint density at radius 1 is 1.67 bits per heavy atom. The summed E-state index contributed by atoms with van der Waals surface area (Å²) >= 11 is 1.31. The van der Waals surface area contributed by atoms with Crippen LogP contribution in [0.5, 0.6) is 0 Å². The number of hydrogen-bond donors (Lipinski definition) is 1. The molecule has 0 radical (unpaired) electrons.